The fraction of sp³-hybridized carbons (Fsp3) is 0.389. The summed E-state index contributed by atoms with van der Waals surface area (Å²) in [6, 6.07) is 14.3. The standard InChI is InChI=1S/C18H19F3N2O/c19-18(20,21)8-7-17(24)23-11-9-22(10-12-23)16-6-5-14-3-1-2-4-15(14)13-16/h1-6,13H,7-12H2. The van der Waals surface area contributed by atoms with Crippen LogP contribution in [0, 0.1) is 0 Å². The van der Waals surface area contributed by atoms with E-state index in [9.17, 15) is 18.0 Å². The third kappa shape index (κ3) is 3.99. The van der Waals surface area contributed by atoms with E-state index >= 15 is 0 Å². The van der Waals surface area contributed by atoms with Gasteiger partial charge in [-0.25, -0.2) is 0 Å². The number of halogens is 3. The summed E-state index contributed by atoms with van der Waals surface area (Å²) in [6.07, 6.45) is -5.78. The molecule has 6 heteroatoms. The maximum absolute atomic E-state index is 12.2. The van der Waals surface area contributed by atoms with E-state index in [1.807, 2.05) is 18.2 Å². The van der Waals surface area contributed by atoms with Gasteiger partial charge in [0.15, 0.2) is 0 Å². The fourth-order valence-corrected chi connectivity index (χ4v) is 2.99. The van der Waals surface area contributed by atoms with E-state index in [-0.39, 0.29) is 0 Å². The summed E-state index contributed by atoms with van der Waals surface area (Å²) in [7, 11) is 0. The van der Waals surface area contributed by atoms with Gasteiger partial charge in [0, 0.05) is 38.3 Å². The van der Waals surface area contributed by atoms with Gasteiger partial charge in [0.05, 0.1) is 6.42 Å². The molecule has 1 fully saturated rings. The molecule has 1 aliphatic heterocycles. The predicted molar refractivity (Wildman–Crippen MR) is 88.0 cm³/mol. The summed E-state index contributed by atoms with van der Waals surface area (Å²) in [4.78, 5) is 15.6. The van der Waals surface area contributed by atoms with E-state index in [0.717, 1.165) is 11.1 Å². The van der Waals surface area contributed by atoms with Crippen molar-refractivity contribution in [2.24, 2.45) is 0 Å². The monoisotopic (exact) mass is 336 g/mol. The van der Waals surface area contributed by atoms with Gasteiger partial charge in [-0.15, -0.1) is 0 Å². The minimum Gasteiger partial charge on any atom is -0.368 e. The molecule has 1 amide bonds. The van der Waals surface area contributed by atoms with Gasteiger partial charge in [0.25, 0.3) is 0 Å². The number of hydrogen-bond acceptors (Lipinski definition) is 2. The average Bonchev–Trinajstić information content (AvgIpc) is 2.59. The second-order valence-electron chi connectivity index (χ2n) is 6.01. The highest BCUT2D eigenvalue weighted by molar-refractivity contribution is 5.86. The molecule has 2 aromatic rings. The molecule has 0 spiro atoms. The van der Waals surface area contributed by atoms with Gasteiger partial charge in [0.2, 0.25) is 5.91 Å². The van der Waals surface area contributed by atoms with Crippen LogP contribution in [0.5, 0.6) is 0 Å². The largest absolute Gasteiger partial charge is 0.389 e. The lowest BCUT2D eigenvalue weighted by Gasteiger charge is -2.36. The smallest absolute Gasteiger partial charge is 0.368 e. The second kappa shape index (κ2) is 6.71. The first kappa shape index (κ1) is 16.6. The van der Waals surface area contributed by atoms with E-state index in [2.05, 4.69) is 29.2 Å². The Morgan fingerprint density at radius 2 is 1.62 bits per heavy atom. The number of carbonyl (C=O) groups excluding carboxylic acids is 1. The first-order chi connectivity index (χ1) is 11.4. The predicted octanol–water partition coefficient (Wildman–Crippen LogP) is 3.83. The number of anilines is 1. The lowest BCUT2D eigenvalue weighted by molar-refractivity contribution is -0.149. The van der Waals surface area contributed by atoms with Crippen LogP contribution in [0.25, 0.3) is 10.8 Å². The van der Waals surface area contributed by atoms with Crippen LogP contribution in [0.15, 0.2) is 42.5 Å². The van der Waals surface area contributed by atoms with Crippen LogP contribution in [0.4, 0.5) is 18.9 Å². The number of carbonyl (C=O) groups is 1. The molecule has 0 bridgehead atoms. The van der Waals surface area contributed by atoms with Crippen LogP contribution in [-0.4, -0.2) is 43.2 Å². The van der Waals surface area contributed by atoms with E-state index in [1.54, 1.807) is 0 Å². The molecule has 2 aromatic carbocycles. The van der Waals surface area contributed by atoms with Crippen molar-refractivity contribution in [1.29, 1.82) is 0 Å². The van der Waals surface area contributed by atoms with E-state index < -0.39 is 24.9 Å². The lowest BCUT2D eigenvalue weighted by Crippen LogP contribution is -2.48. The Labute approximate surface area is 138 Å². The Hall–Kier alpha value is -2.24. The average molecular weight is 336 g/mol. The minimum atomic E-state index is -4.28. The molecule has 0 radical (unpaired) electrons. The van der Waals surface area contributed by atoms with Crippen LogP contribution in [0.2, 0.25) is 0 Å². The number of hydrogen-bond donors (Lipinski definition) is 0. The summed E-state index contributed by atoms with van der Waals surface area (Å²) in [6.45, 7) is 2.19. The number of amides is 1. The van der Waals surface area contributed by atoms with Crippen molar-refractivity contribution in [2.75, 3.05) is 31.1 Å². The zero-order valence-corrected chi connectivity index (χ0v) is 13.2. The molecular formula is C18H19F3N2O. The number of fused-ring (bicyclic) bond motifs is 1. The normalized spacial score (nSPS) is 15.8. The van der Waals surface area contributed by atoms with Crippen molar-refractivity contribution in [3.8, 4) is 0 Å². The zero-order chi connectivity index (χ0) is 17.2. The number of piperazine rings is 1. The van der Waals surface area contributed by atoms with Crippen LogP contribution in [0.3, 0.4) is 0 Å². The van der Waals surface area contributed by atoms with Crippen molar-refractivity contribution in [3.05, 3.63) is 42.5 Å². The topological polar surface area (TPSA) is 23.6 Å². The molecule has 3 nitrogen and oxygen atoms in total. The van der Waals surface area contributed by atoms with E-state index in [1.165, 1.54) is 10.3 Å². The van der Waals surface area contributed by atoms with E-state index in [0.29, 0.717) is 26.2 Å². The molecule has 128 valence electrons. The quantitative estimate of drug-likeness (QED) is 0.850. The van der Waals surface area contributed by atoms with Gasteiger partial charge >= 0.3 is 6.18 Å². The highest BCUT2D eigenvalue weighted by atomic mass is 19.4. The van der Waals surface area contributed by atoms with Crippen molar-refractivity contribution in [3.63, 3.8) is 0 Å². The maximum Gasteiger partial charge on any atom is 0.389 e. The minimum absolute atomic E-state index is 0.412. The van der Waals surface area contributed by atoms with Crippen molar-refractivity contribution < 1.29 is 18.0 Å². The van der Waals surface area contributed by atoms with Crippen molar-refractivity contribution >= 4 is 22.4 Å². The summed E-state index contributed by atoms with van der Waals surface area (Å²) >= 11 is 0. The molecular weight excluding hydrogens is 317 g/mol. The van der Waals surface area contributed by atoms with Gasteiger partial charge in [-0.05, 0) is 22.9 Å². The number of nitrogens with zero attached hydrogens (tertiary/aromatic N) is 2. The second-order valence-corrected chi connectivity index (χ2v) is 6.01. The molecule has 0 unspecified atom stereocenters. The molecule has 24 heavy (non-hydrogen) atoms. The number of rotatable bonds is 3. The Kier molecular flexibility index (Phi) is 4.64. The third-order valence-electron chi connectivity index (χ3n) is 4.35. The number of benzene rings is 2. The molecule has 0 saturated carbocycles. The molecule has 1 heterocycles. The molecule has 0 aliphatic carbocycles. The summed E-state index contributed by atoms with van der Waals surface area (Å²) in [5.74, 6) is -0.412. The van der Waals surface area contributed by atoms with Crippen LogP contribution < -0.4 is 4.90 Å². The molecule has 0 aromatic heterocycles. The Balaban J connectivity index is 1.59. The SMILES string of the molecule is O=C(CCC(F)(F)F)N1CCN(c2ccc3ccccc3c2)CC1. The van der Waals surface area contributed by atoms with Crippen LogP contribution >= 0.6 is 0 Å². The summed E-state index contributed by atoms with van der Waals surface area (Å²) in [5.41, 5.74) is 1.08. The maximum atomic E-state index is 12.2. The van der Waals surface area contributed by atoms with Gasteiger partial charge < -0.3 is 9.80 Å². The molecule has 1 saturated heterocycles. The third-order valence-corrected chi connectivity index (χ3v) is 4.35. The fourth-order valence-electron chi connectivity index (χ4n) is 2.99. The zero-order valence-electron chi connectivity index (χ0n) is 13.2. The van der Waals surface area contributed by atoms with Gasteiger partial charge in [-0.1, -0.05) is 30.3 Å². The Morgan fingerprint density at radius 3 is 2.29 bits per heavy atom. The van der Waals surface area contributed by atoms with Gasteiger partial charge in [-0.2, -0.15) is 13.2 Å². The molecule has 0 atom stereocenters. The highest BCUT2D eigenvalue weighted by Crippen LogP contribution is 2.24. The van der Waals surface area contributed by atoms with Gasteiger partial charge in [0.1, 0.15) is 0 Å². The molecule has 1 aliphatic rings. The van der Waals surface area contributed by atoms with Gasteiger partial charge in [-0.3, -0.25) is 4.79 Å². The molecule has 3 rings (SSSR count). The van der Waals surface area contributed by atoms with Crippen molar-refractivity contribution in [2.45, 2.75) is 19.0 Å². The molecule has 0 N–H and O–H groups in total. The first-order valence-electron chi connectivity index (χ1n) is 8.01. The Bertz CT molecular complexity index is 722. The van der Waals surface area contributed by atoms with Crippen LogP contribution in [-0.2, 0) is 4.79 Å². The van der Waals surface area contributed by atoms with Crippen LogP contribution in [0.1, 0.15) is 12.8 Å². The summed E-state index contributed by atoms with van der Waals surface area (Å²) < 4.78 is 36.6. The first-order valence-corrected chi connectivity index (χ1v) is 8.01. The highest BCUT2D eigenvalue weighted by Gasteiger charge is 2.30. The summed E-state index contributed by atoms with van der Waals surface area (Å²) in [5, 5.41) is 2.32. The lowest BCUT2D eigenvalue weighted by atomic mass is 10.1. The number of alkyl halides is 3. The van der Waals surface area contributed by atoms with Crippen molar-refractivity contribution in [1.82, 2.24) is 4.90 Å². The van der Waals surface area contributed by atoms with E-state index in [4.69, 9.17) is 0 Å². The Morgan fingerprint density at radius 1 is 0.958 bits per heavy atom.